The summed E-state index contributed by atoms with van der Waals surface area (Å²) in [4.78, 5) is 72.1. The lowest BCUT2D eigenvalue weighted by Crippen LogP contribution is -2.30. The molecule has 88 heavy (non-hydrogen) atoms. The zero-order chi connectivity index (χ0) is 64.9. The molecule has 0 aliphatic carbocycles. The number of carbonyl (C=O) groups is 4. The summed E-state index contributed by atoms with van der Waals surface area (Å²) in [5, 5.41) is 10.5. The molecule has 0 aromatic heterocycles. The summed E-state index contributed by atoms with van der Waals surface area (Å²) < 4.78 is 67.9. The molecule has 19 heteroatoms. The van der Waals surface area contributed by atoms with Crippen LogP contribution in [0.1, 0.15) is 356 Å². The van der Waals surface area contributed by atoms with E-state index in [1.165, 1.54) is 167 Å². The van der Waals surface area contributed by atoms with E-state index in [1.54, 1.807) is 0 Å². The van der Waals surface area contributed by atoms with Crippen LogP contribution >= 0.6 is 15.6 Å². The van der Waals surface area contributed by atoms with Gasteiger partial charge in [0, 0.05) is 25.7 Å². The van der Waals surface area contributed by atoms with E-state index in [9.17, 15) is 43.2 Å². The van der Waals surface area contributed by atoms with Crippen LogP contribution in [0.2, 0.25) is 0 Å². The van der Waals surface area contributed by atoms with E-state index in [2.05, 4.69) is 34.6 Å². The third-order valence-corrected chi connectivity index (χ3v) is 18.3. The molecule has 0 bridgehead atoms. The standard InChI is InChI=1S/C69H134O17P2/c1-6-10-13-16-18-20-21-28-32-35-39-43-48-53-67(72)80-59-65(86-69(74)55-50-45-40-36-33-30-27-25-23-22-24-26-29-31-34-37-42-46-51-62(5)9-4)61-84-88(77,78)82-57-63(70)56-81-87(75,76)83-60-64(58-79-66(71)52-47-41-15-12-8-3)85-68(73)54-49-44-38-19-17-14-11-7-2/h62-65,70H,6-61H2,1-5H3,(H,75,76)(H,77,78)/t62?,63-,64+,65+/m0/s1. The van der Waals surface area contributed by atoms with Crippen molar-refractivity contribution >= 4 is 39.5 Å². The molecule has 0 heterocycles. The van der Waals surface area contributed by atoms with Crippen LogP contribution in [0.15, 0.2) is 0 Å². The average molecular weight is 1300 g/mol. The van der Waals surface area contributed by atoms with Crippen LogP contribution < -0.4 is 0 Å². The Morgan fingerprint density at radius 1 is 0.318 bits per heavy atom. The first-order valence-corrected chi connectivity index (χ1v) is 39.2. The molecule has 522 valence electrons. The van der Waals surface area contributed by atoms with Gasteiger partial charge in [0.15, 0.2) is 12.2 Å². The highest BCUT2D eigenvalue weighted by molar-refractivity contribution is 7.47. The van der Waals surface area contributed by atoms with Gasteiger partial charge in [-0.3, -0.25) is 37.3 Å². The van der Waals surface area contributed by atoms with Crippen LogP contribution in [0.25, 0.3) is 0 Å². The Balaban J connectivity index is 5.07. The van der Waals surface area contributed by atoms with Crippen LogP contribution in [-0.2, 0) is 65.4 Å². The maximum Gasteiger partial charge on any atom is 0.472 e. The van der Waals surface area contributed by atoms with E-state index >= 15 is 0 Å². The predicted molar refractivity (Wildman–Crippen MR) is 354 cm³/mol. The minimum absolute atomic E-state index is 0.104. The van der Waals surface area contributed by atoms with Gasteiger partial charge >= 0.3 is 39.5 Å². The fourth-order valence-electron chi connectivity index (χ4n) is 10.4. The number of phosphoric ester groups is 2. The molecule has 6 atom stereocenters. The second kappa shape index (κ2) is 62.5. The van der Waals surface area contributed by atoms with Crippen LogP contribution in [0.5, 0.6) is 0 Å². The van der Waals surface area contributed by atoms with Crippen molar-refractivity contribution in [2.45, 2.75) is 374 Å². The summed E-state index contributed by atoms with van der Waals surface area (Å²) in [6, 6.07) is 0. The number of carbonyl (C=O) groups excluding carboxylic acids is 4. The Morgan fingerprint density at radius 2 is 0.545 bits per heavy atom. The highest BCUT2D eigenvalue weighted by Crippen LogP contribution is 2.45. The number of phosphoric acid groups is 2. The van der Waals surface area contributed by atoms with E-state index in [1.807, 2.05) is 0 Å². The van der Waals surface area contributed by atoms with Gasteiger partial charge in [-0.2, -0.15) is 0 Å². The number of hydrogen-bond acceptors (Lipinski definition) is 15. The molecule has 0 fully saturated rings. The van der Waals surface area contributed by atoms with Gasteiger partial charge in [-0.05, 0) is 31.6 Å². The molecule has 0 aliphatic rings. The Hall–Kier alpha value is -1.94. The van der Waals surface area contributed by atoms with Gasteiger partial charge in [0.2, 0.25) is 0 Å². The molecular formula is C69H134O17P2. The van der Waals surface area contributed by atoms with E-state index in [-0.39, 0.29) is 25.7 Å². The van der Waals surface area contributed by atoms with Crippen LogP contribution in [0.4, 0.5) is 0 Å². The predicted octanol–water partition coefficient (Wildman–Crippen LogP) is 19.7. The van der Waals surface area contributed by atoms with Crippen LogP contribution in [0.3, 0.4) is 0 Å². The van der Waals surface area contributed by atoms with Crippen molar-refractivity contribution < 1.29 is 80.2 Å². The van der Waals surface area contributed by atoms with Crippen LogP contribution in [0, 0.1) is 5.92 Å². The van der Waals surface area contributed by atoms with Crippen molar-refractivity contribution in [3.05, 3.63) is 0 Å². The summed E-state index contributed by atoms with van der Waals surface area (Å²) in [5.41, 5.74) is 0. The summed E-state index contributed by atoms with van der Waals surface area (Å²) >= 11 is 0. The van der Waals surface area contributed by atoms with Crippen molar-refractivity contribution in [2.75, 3.05) is 39.6 Å². The Morgan fingerprint density at radius 3 is 0.807 bits per heavy atom. The second-order valence-corrected chi connectivity index (χ2v) is 28.1. The lowest BCUT2D eigenvalue weighted by molar-refractivity contribution is -0.161. The van der Waals surface area contributed by atoms with Crippen molar-refractivity contribution in [1.82, 2.24) is 0 Å². The number of rotatable bonds is 69. The van der Waals surface area contributed by atoms with Gasteiger partial charge < -0.3 is 33.8 Å². The summed E-state index contributed by atoms with van der Waals surface area (Å²) in [7, 11) is -9.88. The summed E-state index contributed by atoms with van der Waals surface area (Å²) in [6.45, 7) is 7.18. The van der Waals surface area contributed by atoms with Crippen molar-refractivity contribution in [3.63, 3.8) is 0 Å². The van der Waals surface area contributed by atoms with Gasteiger partial charge in [-0.15, -0.1) is 0 Å². The zero-order valence-corrected chi connectivity index (χ0v) is 58.6. The quantitative estimate of drug-likeness (QED) is 0.0222. The summed E-state index contributed by atoms with van der Waals surface area (Å²) in [6.07, 6.45) is 49.1. The number of aliphatic hydroxyl groups excluding tert-OH is 1. The normalized spacial score (nSPS) is 14.4. The van der Waals surface area contributed by atoms with E-state index in [0.717, 1.165) is 109 Å². The van der Waals surface area contributed by atoms with Crippen molar-refractivity contribution in [2.24, 2.45) is 5.92 Å². The Bertz CT molecular complexity index is 1710. The number of esters is 4. The van der Waals surface area contributed by atoms with Gasteiger partial charge in [0.1, 0.15) is 19.3 Å². The average Bonchev–Trinajstić information content (AvgIpc) is 3.68. The highest BCUT2D eigenvalue weighted by atomic mass is 31.2. The summed E-state index contributed by atoms with van der Waals surface area (Å²) in [5.74, 6) is -1.27. The minimum Gasteiger partial charge on any atom is -0.462 e. The third-order valence-electron chi connectivity index (χ3n) is 16.4. The molecular weight excluding hydrogens is 1160 g/mol. The molecule has 0 amide bonds. The van der Waals surface area contributed by atoms with Gasteiger partial charge in [-0.25, -0.2) is 9.13 Å². The highest BCUT2D eigenvalue weighted by Gasteiger charge is 2.30. The third kappa shape index (κ3) is 61.6. The molecule has 0 rings (SSSR count). The molecule has 0 aromatic rings. The maximum absolute atomic E-state index is 13.0. The molecule has 0 spiro atoms. The minimum atomic E-state index is -4.95. The molecule has 0 saturated carbocycles. The topological polar surface area (TPSA) is 237 Å². The maximum atomic E-state index is 13.0. The van der Waals surface area contributed by atoms with E-state index in [0.29, 0.717) is 25.7 Å². The largest absolute Gasteiger partial charge is 0.472 e. The fourth-order valence-corrected chi connectivity index (χ4v) is 12.0. The number of unbranched alkanes of at least 4 members (excludes halogenated alkanes) is 40. The molecule has 0 aromatic carbocycles. The van der Waals surface area contributed by atoms with Crippen LogP contribution in [-0.4, -0.2) is 96.7 Å². The van der Waals surface area contributed by atoms with E-state index < -0.39 is 97.5 Å². The first-order chi connectivity index (χ1) is 42.6. The molecule has 17 nitrogen and oxygen atoms in total. The zero-order valence-electron chi connectivity index (χ0n) is 56.9. The molecule has 3 N–H and O–H groups in total. The molecule has 0 saturated heterocycles. The van der Waals surface area contributed by atoms with Gasteiger partial charge in [-0.1, -0.05) is 304 Å². The first kappa shape index (κ1) is 86.1. The SMILES string of the molecule is CCCCCCCCCCCCCCCC(=O)OC[C@H](COP(=O)(O)OC[C@@H](O)COP(=O)(O)OC[C@@H](COC(=O)CCCCCCC)OC(=O)CCCCCCCCCC)OC(=O)CCCCCCCCCCCCCCCCCCCCC(C)CC. The van der Waals surface area contributed by atoms with Gasteiger partial charge in [0.05, 0.1) is 26.4 Å². The fraction of sp³-hybridized carbons (Fsp3) is 0.942. The number of ether oxygens (including phenoxy) is 4. The first-order valence-electron chi connectivity index (χ1n) is 36.2. The Labute approximate surface area is 537 Å². The molecule has 0 aliphatic heterocycles. The second-order valence-electron chi connectivity index (χ2n) is 25.2. The number of hydrogen-bond donors (Lipinski definition) is 3. The van der Waals surface area contributed by atoms with Crippen molar-refractivity contribution in [1.29, 1.82) is 0 Å². The molecule has 0 radical (unpaired) electrons. The Kier molecular flexibility index (Phi) is 61.1. The molecule has 3 unspecified atom stereocenters. The van der Waals surface area contributed by atoms with Crippen molar-refractivity contribution in [3.8, 4) is 0 Å². The lowest BCUT2D eigenvalue weighted by atomic mass is 9.99. The smallest absolute Gasteiger partial charge is 0.462 e. The van der Waals surface area contributed by atoms with E-state index in [4.69, 9.17) is 37.0 Å². The lowest BCUT2D eigenvalue weighted by Gasteiger charge is -2.21. The monoisotopic (exact) mass is 1300 g/mol. The van der Waals surface area contributed by atoms with Gasteiger partial charge in [0.25, 0.3) is 0 Å². The number of aliphatic hydroxyl groups is 1.